The molecule has 2 aromatic carbocycles. The van der Waals surface area contributed by atoms with E-state index in [0.717, 1.165) is 13.2 Å². The van der Waals surface area contributed by atoms with Gasteiger partial charge in [0.05, 0.1) is 24.7 Å². The van der Waals surface area contributed by atoms with Crippen molar-refractivity contribution >= 4 is 0 Å². The lowest BCUT2D eigenvalue weighted by Crippen LogP contribution is -2.31. The van der Waals surface area contributed by atoms with E-state index in [1.165, 1.54) is 22.3 Å². The van der Waals surface area contributed by atoms with Crippen LogP contribution in [-0.2, 0) is 4.74 Å². The minimum absolute atomic E-state index is 0.0317. The Labute approximate surface area is 142 Å². The van der Waals surface area contributed by atoms with Gasteiger partial charge in [-0.3, -0.25) is 0 Å². The highest BCUT2D eigenvalue weighted by Gasteiger charge is 2.92. The van der Waals surface area contributed by atoms with Crippen LogP contribution < -0.4 is 0 Å². The molecule has 0 amide bonds. The number of benzene rings is 2. The molecular weight excluding hydrogens is 294 g/mol. The van der Waals surface area contributed by atoms with Crippen LogP contribution in [0.1, 0.15) is 40.0 Å². The van der Waals surface area contributed by atoms with Gasteiger partial charge in [0.25, 0.3) is 0 Å². The standard InChI is InChI=1S/C22H19NO/c1-13-6-8-14(9-7-13)18-17-10-24-12-22-19(17)15-4-2-3-5-16(15)20(22)21(18,22)11-23/h2-9,17-20H,10,12H2,1H3/t17-,18-,19+,20-,21+,22?/m0/s1. The van der Waals surface area contributed by atoms with E-state index in [4.69, 9.17) is 4.74 Å². The molecule has 0 N–H and O–H groups in total. The number of fused-ring (bicyclic) bond motifs is 3. The van der Waals surface area contributed by atoms with E-state index in [1.54, 1.807) is 0 Å². The summed E-state index contributed by atoms with van der Waals surface area (Å²) in [7, 11) is 0. The van der Waals surface area contributed by atoms with Crippen molar-refractivity contribution < 1.29 is 4.74 Å². The summed E-state index contributed by atoms with van der Waals surface area (Å²) in [5.74, 6) is 1.59. The van der Waals surface area contributed by atoms with Crippen molar-refractivity contribution in [3.8, 4) is 6.07 Å². The lowest BCUT2D eigenvalue weighted by Gasteiger charge is -2.33. The molecule has 6 rings (SSSR count). The Morgan fingerprint density at radius 1 is 1.04 bits per heavy atom. The normalized spacial score (nSPS) is 43.0. The van der Waals surface area contributed by atoms with Gasteiger partial charge in [0, 0.05) is 17.3 Å². The van der Waals surface area contributed by atoms with Crippen LogP contribution in [-0.4, -0.2) is 13.2 Å². The summed E-state index contributed by atoms with van der Waals surface area (Å²) in [5.41, 5.74) is 5.30. The molecule has 1 unspecified atom stereocenters. The maximum Gasteiger partial charge on any atom is 0.0811 e. The Bertz CT molecular complexity index is 910. The number of nitrogens with zero attached hydrogens (tertiary/aromatic N) is 1. The van der Waals surface area contributed by atoms with Crippen LogP contribution in [0.5, 0.6) is 0 Å². The van der Waals surface area contributed by atoms with Crippen molar-refractivity contribution in [1.29, 1.82) is 5.26 Å². The molecule has 6 atom stereocenters. The highest BCUT2D eigenvalue weighted by Crippen LogP contribution is 2.94. The lowest BCUT2D eigenvalue weighted by molar-refractivity contribution is 0.00626. The summed E-state index contributed by atoms with van der Waals surface area (Å²) in [4.78, 5) is 0. The topological polar surface area (TPSA) is 33.0 Å². The molecule has 1 saturated heterocycles. The molecule has 1 spiro atoms. The van der Waals surface area contributed by atoms with Crippen LogP contribution in [0.2, 0.25) is 0 Å². The van der Waals surface area contributed by atoms with Crippen molar-refractivity contribution in [3.05, 3.63) is 70.8 Å². The van der Waals surface area contributed by atoms with E-state index in [1.807, 2.05) is 0 Å². The average molecular weight is 313 g/mol. The smallest absolute Gasteiger partial charge is 0.0811 e. The Hall–Kier alpha value is -2.11. The predicted octanol–water partition coefficient (Wildman–Crippen LogP) is 4.13. The van der Waals surface area contributed by atoms with Crippen LogP contribution in [0.15, 0.2) is 48.5 Å². The van der Waals surface area contributed by atoms with Gasteiger partial charge in [-0.2, -0.15) is 5.26 Å². The monoisotopic (exact) mass is 313 g/mol. The fraction of sp³-hybridized carbons (Fsp3) is 0.409. The first kappa shape index (κ1) is 13.2. The molecule has 1 aliphatic heterocycles. The van der Waals surface area contributed by atoms with E-state index in [0.29, 0.717) is 23.7 Å². The predicted molar refractivity (Wildman–Crippen MR) is 90.6 cm³/mol. The van der Waals surface area contributed by atoms with E-state index < -0.39 is 0 Å². The first-order valence-corrected chi connectivity index (χ1v) is 8.90. The third-order valence-corrected chi connectivity index (χ3v) is 7.47. The van der Waals surface area contributed by atoms with Gasteiger partial charge < -0.3 is 4.74 Å². The number of hydrogen-bond donors (Lipinski definition) is 0. The Balaban J connectivity index is 1.62. The number of ether oxygens (including phenoxy) is 1. The van der Waals surface area contributed by atoms with Crippen molar-refractivity contribution in [3.63, 3.8) is 0 Å². The summed E-state index contributed by atoms with van der Waals surface area (Å²) in [5, 5.41) is 10.3. The van der Waals surface area contributed by atoms with Crippen LogP contribution in [0.25, 0.3) is 0 Å². The minimum Gasteiger partial charge on any atom is -0.380 e. The van der Waals surface area contributed by atoms with E-state index in [2.05, 4.69) is 61.5 Å². The zero-order valence-corrected chi connectivity index (χ0v) is 13.7. The SMILES string of the molecule is Cc1ccc([C@H]2[C@@H]3COCC45[C@@H]3c3ccccc3[C@H]4[C@@]25C#N)cc1. The van der Waals surface area contributed by atoms with Gasteiger partial charge >= 0.3 is 0 Å². The van der Waals surface area contributed by atoms with Gasteiger partial charge in [-0.25, -0.2) is 0 Å². The first-order chi connectivity index (χ1) is 11.8. The van der Waals surface area contributed by atoms with Crippen LogP contribution in [0.4, 0.5) is 0 Å². The summed E-state index contributed by atoms with van der Waals surface area (Å²) in [6, 6.07) is 20.5. The van der Waals surface area contributed by atoms with Gasteiger partial charge in [0.2, 0.25) is 0 Å². The molecule has 118 valence electrons. The van der Waals surface area contributed by atoms with E-state index in [-0.39, 0.29) is 10.8 Å². The van der Waals surface area contributed by atoms with Gasteiger partial charge in [-0.1, -0.05) is 54.1 Å². The maximum absolute atomic E-state index is 10.3. The largest absolute Gasteiger partial charge is 0.380 e. The number of hydrogen-bond acceptors (Lipinski definition) is 2. The third-order valence-electron chi connectivity index (χ3n) is 7.47. The molecule has 0 radical (unpaired) electrons. The first-order valence-electron chi connectivity index (χ1n) is 8.90. The molecule has 0 aromatic heterocycles. The van der Waals surface area contributed by atoms with Crippen LogP contribution in [0.3, 0.4) is 0 Å². The molecule has 3 fully saturated rings. The summed E-state index contributed by atoms with van der Waals surface area (Å²) in [6.45, 7) is 3.66. The van der Waals surface area contributed by atoms with Gasteiger partial charge in [-0.15, -0.1) is 0 Å². The minimum atomic E-state index is -0.261. The van der Waals surface area contributed by atoms with E-state index >= 15 is 0 Å². The van der Waals surface area contributed by atoms with Crippen LogP contribution >= 0.6 is 0 Å². The zero-order chi connectivity index (χ0) is 16.1. The molecule has 4 aliphatic rings. The van der Waals surface area contributed by atoms with E-state index in [9.17, 15) is 5.26 Å². The molecule has 2 aromatic rings. The second-order valence-electron chi connectivity index (χ2n) is 8.13. The van der Waals surface area contributed by atoms with Gasteiger partial charge in [0.1, 0.15) is 0 Å². The van der Waals surface area contributed by atoms with Crippen molar-refractivity contribution in [2.24, 2.45) is 16.7 Å². The number of rotatable bonds is 1. The molecule has 24 heavy (non-hydrogen) atoms. The molecule has 2 bridgehead atoms. The fourth-order valence-electron chi connectivity index (χ4n) is 6.86. The Morgan fingerprint density at radius 3 is 2.54 bits per heavy atom. The molecule has 2 saturated carbocycles. The molecule has 3 aliphatic carbocycles. The Kier molecular flexibility index (Phi) is 2.16. The highest BCUT2D eigenvalue weighted by atomic mass is 16.5. The summed E-state index contributed by atoms with van der Waals surface area (Å²) < 4.78 is 6.06. The quantitative estimate of drug-likeness (QED) is 0.793. The van der Waals surface area contributed by atoms with Crippen molar-refractivity contribution in [1.82, 2.24) is 0 Å². The lowest BCUT2D eigenvalue weighted by atomic mass is 9.75. The Morgan fingerprint density at radius 2 is 1.79 bits per heavy atom. The average Bonchev–Trinajstić information content (AvgIpc) is 3.02. The van der Waals surface area contributed by atoms with Crippen LogP contribution in [0, 0.1) is 35.0 Å². The molecular formula is C22H19NO. The third kappa shape index (κ3) is 1.11. The highest BCUT2D eigenvalue weighted by molar-refractivity contribution is 5.64. The molecule has 1 heterocycles. The van der Waals surface area contributed by atoms with Gasteiger partial charge in [-0.05, 0) is 35.4 Å². The second-order valence-corrected chi connectivity index (χ2v) is 8.13. The zero-order valence-electron chi connectivity index (χ0n) is 13.7. The number of aryl methyl sites for hydroxylation is 1. The summed E-state index contributed by atoms with van der Waals surface area (Å²) in [6.07, 6.45) is 0. The maximum atomic E-state index is 10.3. The molecule has 2 nitrogen and oxygen atoms in total. The van der Waals surface area contributed by atoms with Gasteiger partial charge in [0.15, 0.2) is 0 Å². The van der Waals surface area contributed by atoms with Crippen molar-refractivity contribution in [2.45, 2.75) is 24.7 Å². The second kappa shape index (κ2) is 3.92. The molecule has 2 heteroatoms. The number of nitriles is 1. The summed E-state index contributed by atoms with van der Waals surface area (Å²) >= 11 is 0. The fourth-order valence-corrected chi connectivity index (χ4v) is 6.86. The van der Waals surface area contributed by atoms with Crippen molar-refractivity contribution in [2.75, 3.05) is 13.2 Å².